The van der Waals surface area contributed by atoms with E-state index in [0.29, 0.717) is 8.96 Å². The Morgan fingerprint density at radius 3 is 2.69 bits per heavy atom. The smallest absolute Gasteiger partial charge is 0.352 e. The molecule has 5 N–H and O–H groups in total. The Morgan fingerprint density at radius 1 is 1.41 bits per heavy atom. The van der Waals surface area contributed by atoms with E-state index in [1.54, 1.807) is 6.08 Å². The number of thioether (sulfide) groups is 1. The number of halogens is 2. The van der Waals surface area contributed by atoms with E-state index in [-0.39, 0.29) is 28.0 Å². The summed E-state index contributed by atoms with van der Waals surface area (Å²) in [7, 11) is 0. The molecule has 1 fully saturated rings. The number of fused-ring (bicyclic) bond motifs is 1. The number of nitrogens with zero attached hydrogens (tertiary/aromatic N) is 3. The van der Waals surface area contributed by atoms with E-state index in [4.69, 9.17) is 10.8 Å². The highest BCUT2D eigenvalue weighted by Crippen LogP contribution is 2.41. The lowest BCUT2D eigenvalue weighted by atomic mass is 10.0. The topological polar surface area (TPSA) is 185 Å². The Bertz CT molecular complexity index is 1080. The summed E-state index contributed by atoms with van der Waals surface area (Å²) in [6.45, 7) is -0.794. The number of thiazole rings is 1. The van der Waals surface area contributed by atoms with Crippen LogP contribution in [0.4, 0.5) is 5.13 Å². The second-order valence-corrected chi connectivity index (χ2v) is 10.9. The zero-order valence-corrected chi connectivity index (χ0v) is 20.5. The maximum atomic E-state index is 12.8. The molecule has 3 heterocycles. The van der Waals surface area contributed by atoms with Crippen LogP contribution in [-0.2, 0) is 24.0 Å². The Labute approximate surface area is 204 Å². The number of nitrogen functional groups attached to an aromatic ring is 1. The van der Waals surface area contributed by atoms with Gasteiger partial charge in [-0.1, -0.05) is 5.16 Å². The maximum absolute atomic E-state index is 12.8. The number of anilines is 1. The standard InChI is InChI=1S/C16H13Br2N5O7S2/c17-7(18)1-5-3-31-14-10(13(27)23(14)11(5)15(28)29)21-12(26)9(22-30-2-8(24)25)6-4-32-16(19)20-6/h1,4,10,14H,2-3H2,(H2,19,20)(H,21,26)(H,24,25)(H,28,29)/b22-9-/t10?,14-/m1/s1. The minimum atomic E-state index is -1.30. The summed E-state index contributed by atoms with van der Waals surface area (Å²) in [5.74, 6) is -3.76. The van der Waals surface area contributed by atoms with Crippen molar-refractivity contribution in [2.45, 2.75) is 11.4 Å². The highest BCUT2D eigenvalue weighted by molar-refractivity contribution is 9.28. The van der Waals surface area contributed by atoms with Crippen LogP contribution in [0.15, 0.2) is 31.3 Å². The Morgan fingerprint density at radius 2 is 2.12 bits per heavy atom. The van der Waals surface area contributed by atoms with Crippen molar-refractivity contribution in [3.63, 3.8) is 0 Å². The van der Waals surface area contributed by atoms with Gasteiger partial charge in [-0.15, -0.1) is 23.1 Å². The second-order valence-electron chi connectivity index (χ2n) is 6.15. The summed E-state index contributed by atoms with van der Waals surface area (Å²) in [4.78, 5) is 57.6. The van der Waals surface area contributed by atoms with Gasteiger partial charge in [0.2, 0.25) is 6.61 Å². The summed E-state index contributed by atoms with van der Waals surface area (Å²) in [5.41, 5.74) is 5.50. The normalized spacial score (nSPS) is 20.2. The van der Waals surface area contributed by atoms with Gasteiger partial charge in [-0.2, -0.15) is 0 Å². The molecule has 0 bridgehead atoms. The van der Waals surface area contributed by atoms with Crippen LogP contribution in [-0.4, -0.2) is 73.3 Å². The molecule has 1 aromatic rings. The molecule has 1 aromatic heterocycles. The lowest BCUT2D eigenvalue weighted by Crippen LogP contribution is -2.71. The van der Waals surface area contributed by atoms with Gasteiger partial charge in [-0.05, 0) is 43.5 Å². The van der Waals surface area contributed by atoms with Crippen molar-refractivity contribution in [2.24, 2.45) is 5.16 Å². The molecule has 0 aliphatic carbocycles. The van der Waals surface area contributed by atoms with E-state index < -0.39 is 41.8 Å². The molecule has 12 nitrogen and oxygen atoms in total. The summed E-state index contributed by atoms with van der Waals surface area (Å²) >= 11 is 8.65. The molecule has 0 radical (unpaired) electrons. The third kappa shape index (κ3) is 5.13. The number of carboxylic acids is 2. The third-order valence-corrected chi connectivity index (χ3v) is 6.53. The number of carbonyl (C=O) groups excluding carboxylic acids is 2. The predicted molar refractivity (Wildman–Crippen MR) is 122 cm³/mol. The number of amides is 2. The molecule has 0 saturated carbocycles. The fourth-order valence-corrected chi connectivity index (χ4v) is 5.25. The van der Waals surface area contributed by atoms with Gasteiger partial charge >= 0.3 is 11.9 Å². The molecule has 3 rings (SSSR count). The number of aliphatic carboxylic acids is 2. The van der Waals surface area contributed by atoms with Crippen LogP contribution in [0, 0.1) is 0 Å². The number of hydrogen-bond donors (Lipinski definition) is 4. The zero-order valence-electron chi connectivity index (χ0n) is 15.7. The lowest BCUT2D eigenvalue weighted by Gasteiger charge is -2.49. The number of oxime groups is 1. The molecule has 2 aliphatic rings. The molecule has 1 unspecified atom stereocenters. The first-order valence-corrected chi connectivity index (χ1v) is 12.0. The van der Waals surface area contributed by atoms with Crippen LogP contribution in [0.25, 0.3) is 0 Å². The first-order valence-electron chi connectivity index (χ1n) is 8.48. The number of carbonyl (C=O) groups is 4. The summed E-state index contributed by atoms with van der Waals surface area (Å²) in [5, 5.41) is 25.2. The van der Waals surface area contributed by atoms with Gasteiger partial charge in [0.15, 0.2) is 10.8 Å². The number of nitrogens with two attached hydrogens (primary N) is 1. The summed E-state index contributed by atoms with van der Waals surface area (Å²) in [6, 6.07) is -1.03. The second kappa shape index (κ2) is 10.0. The SMILES string of the molecule is Nc1nc(/C(=N/OCC(=O)O)C(=O)NC2C(=O)N3C(C(=O)O)=C(C=C(Br)Br)CS[C@H]23)cs1. The summed E-state index contributed by atoms with van der Waals surface area (Å²) in [6.07, 6.45) is 1.54. The van der Waals surface area contributed by atoms with Gasteiger partial charge in [-0.3, -0.25) is 14.5 Å². The number of hydrogen-bond acceptors (Lipinski definition) is 10. The highest BCUT2D eigenvalue weighted by atomic mass is 79.9. The van der Waals surface area contributed by atoms with E-state index in [1.807, 2.05) is 0 Å². The van der Waals surface area contributed by atoms with Crippen molar-refractivity contribution in [2.75, 3.05) is 18.1 Å². The van der Waals surface area contributed by atoms with E-state index in [2.05, 4.69) is 52.2 Å². The van der Waals surface area contributed by atoms with Crippen molar-refractivity contribution in [3.05, 3.63) is 31.8 Å². The average Bonchev–Trinajstić information content (AvgIpc) is 3.13. The van der Waals surface area contributed by atoms with Crippen LogP contribution in [0.1, 0.15) is 5.69 Å². The van der Waals surface area contributed by atoms with E-state index >= 15 is 0 Å². The van der Waals surface area contributed by atoms with Crippen LogP contribution >= 0.6 is 55.0 Å². The Hall–Kier alpha value is -2.43. The molecule has 0 spiro atoms. The van der Waals surface area contributed by atoms with Crippen molar-refractivity contribution < 1.29 is 34.2 Å². The molecule has 1 saturated heterocycles. The maximum Gasteiger partial charge on any atom is 0.352 e. The molecular formula is C16H13Br2N5O7S2. The van der Waals surface area contributed by atoms with Gasteiger partial charge in [0.25, 0.3) is 11.8 Å². The number of nitrogens with one attached hydrogen (secondary N) is 1. The first kappa shape index (κ1) is 24.2. The Balaban J connectivity index is 1.81. The molecule has 16 heteroatoms. The number of allylic oxidation sites excluding steroid dienone is 1. The average molecular weight is 611 g/mol. The largest absolute Gasteiger partial charge is 0.479 e. The molecule has 2 atom stereocenters. The quantitative estimate of drug-likeness (QED) is 0.187. The number of carboxylic acid groups (broad SMARTS) is 2. The zero-order chi connectivity index (χ0) is 23.6. The van der Waals surface area contributed by atoms with Crippen LogP contribution in [0.2, 0.25) is 0 Å². The molecule has 2 aliphatic heterocycles. The first-order chi connectivity index (χ1) is 15.1. The van der Waals surface area contributed by atoms with E-state index in [0.717, 1.165) is 16.2 Å². The minimum Gasteiger partial charge on any atom is -0.479 e. The monoisotopic (exact) mass is 609 g/mol. The van der Waals surface area contributed by atoms with E-state index in [1.165, 1.54) is 17.1 Å². The molecule has 32 heavy (non-hydrogen) atoms. The molecule has 2 amide bonds. The number of rotatable bonds is 8. The summed E-state index contributed by atoms with van der Waals surface area (Å²) < 4.78 is 0.514. The van der Waals surface area contributed by atoms with Gasteiger partial charge in [0.1, 0.15) is 22.8 Å². The fraction of sp³-hybridized carbons (Fsp3) is 0.250. The highest BCUT2D eigenvalue weighted by Gasteiger charge is 2.54. The van der Waals surface area contributed by atoms with Crippen molar-refractivity contribution in [1.82, 2.24) is 15.2 Å². The van der Waals surface area contributed by atoms with Crippen LogP contribution in [0.5, 0.6) is 0 Å². The van der Waals surface area contributed by atoms with E-state index in [9.17, 15) is 24.3 Å². The Kier molecular flexibility index (Phi) is 7.58. The van der Waals surface area contributed by atoms with Crippen LogP contribution < -0.4 is 11.1 Å². The van der Waals surface area contributed by atoms with Gasteiger partial charge in [-0.25, -0.2) is 14.6 Å². The lowest BCUT2D eigenvalue weighted by molar-refractivity contribution is -0.150. The van der Waals surface area contributed by atoms with Gasteiger partial charge < -0.3 is 26.1 Å². The van der Waals surface area contributed by atoms with Gasteiger partial charge in [0, 0.05) is 11.1 Å². The molecule has 170 valence electrons. The minimum absolute atomic E-state index is 0.0380. The van der Waals surface area contributed by atoms with Crippen molar-refractivity contribution in [3.8, 4) is 0 Å². The fourth-order valence-electron chi connectivity index (χ4n) is 2.85. The molecular weight excluding hydrogens is 598 g/mol. The predicted octanol–water partition coefficient (Wildman–Crippen LogP) is 0.900. The third-order valence-electron chi connectivity index (χ3n) is 4.09. The van der Waals surface area contributed by atoms with Gasteiger partial charge in [0.05, 0.1) is 3.39 Å². The number of aromatic nitrogens is 1. The van der Waals surface area contributed by atoms with Crippen molar-refractivity contribution in [1.29, 1.82) is 0 Å². The number of β-lactam (4-membered cyclic amide) rings is 1. The molecule has 0 aromatic carbocycles. The van der Waals surface area contributed by atoms with Crippen molar-refractivity contribution >= 4 is 89.6 Å². The van der Waals surface area contributed by atoms with Crippen LogP contribution in [0.3, 0.4) is 0 Å².